The smallest absolute Gasteiger partial charge is 0.206 e. The molecule has 26 heavy (non-hydrogen) atoms. The molecule has 3 rings (SSSR count). The summed E-state index contributed by atoms with van der Waals surface area (Å²) in [6, 6.07) is 8.90. The van der Waals surface area contributed by atoms with E-state index in [0.717, 1.165) is 17.7 Å². The predicted octanol–water partition coefficient (Wildman–Crippen LogP) is 7.85. The van der Waals surface area contributed by atoms with Crippen LogP contribution in [0.4, 0.5) is 13.2 Å². The fraction of sp³-hybridized carbons (Fsp3) is 0.391. The molecule has 0 saturated heterocycles. The molecule has 138 valence electrons. The van der Waals surface area contributed by atoms with Crippen LogP contribution in [-0.4, -0.2) is 0 Å². The Balaban J connectivity index is 1.73. The first-order chi connectivity index (χ1) is 12.6. The van der Waals surface area contributed by atoms with Crippen LogP contribution in [0.2, 0.25) is 0 Å². The van der Waals surface area contributed by atoms with Crippen LogP contribution >= 0.6 is 0 Å². The standard InChI is InChI=1S/C23H25F3/c1-2-3-4-5-16-6-8-17(9-7-16)18-12-13-21-19(14-18)10-11-20(23(21)26)15-22(24)25/h2-3,10-17H,4-9H2,1H3/b3-2+. The van der Waals surface area contributed by atoms with E-state index in [2.05, 4.69) is 19.1 Å². The molecule has 0 N–H and O–H groups in total. The van der Waals surface area contributed by atoms with E-state index in [1.807, 2.05) is 12.1 Å². The average molecular weight is 358 g/mol. The largest absolute Gasteiger partial charge is 0.271 e. The second kappa shape index (κ2) is 8.57. The highest BCUT2D eigenvalue weighted by atomic mass is 19.3. The SMILES string of the molecule is C/C=C/CCC1CCC(c2ccc3c(F)c(C=C(F)F)ccc3c2)CC1. The van der Waals surface area contributed by atoms with Crippen molar-refractivity contribution in [2.24, 2.45) is 5.92 Å². The Morgan fingerprint density at radius 1 is 1.08 bits per heavy atom. The Kier molecular flexibility index (Phi) is 6.18. The molecule has 3 heteroatoms. The second-order valence-electron chi connectivity index (χ2n) is 7.25. The van der Waals surface area contributed by atoms with Crippen molar-refractivity contribution in [3.63, 3.8) is 0 Å². The summed E-state index contributed by atoms with van der Waals surface area (Å²) in [6.07, 6.45) is 10.3. The van der Waals surface area contributed by atoms with Crippen LogP contribution in [0.3, 0.4) is 0 Å². The number of fused-ring (bicyclic) bond motifs is 1. The summed E-state index contributed by atoms with van der Waals surface area (Å²) in [6.45, 7) is 2.06. The molecule has 0 heterocycles. The van der Waals surface area contributed by atoms with Gasteiger partial charge in [0, 0.05) is 17.0 Å². The van der Waals surface area contributed by atoms with Crippen LogP contribution in [-0.2, 0) is 0 Å². The first-order valence-corrected chi connectivity index (χ1v) is 9.44. The molecule has 0 unspecified atom stereocenters. The van der Waals surface area contributed by atoms with Gasteiger partial charge in [0.05, 0.1) is 0 Å². The summed E-state index contributed by atoms with van der Waals surface area (Å²) in [5.74, 6) is 0.753. The van der Waals surface area contributed by atoms with Crippen molar-refractivity contribution in [3.05, 3.63) is 65.5 Å². The Morgan fingerprint density at radius 3 is 2.54 bits per heavy atom. The van der Waals surface area contributed by atoms with Crippen molar-refractivity contribution in [2.45, 2.75) is 51.4 Å². The van der Waals surface area contributed by atoms with E-state index in [-0.39, 0.29) is 5.56 Å². The third-order valence-corrected chi connectivity index (χ3v) is 5.57. The molecule has 0 spiro atoms. The van der Waals surface area contributed by atoms with Gasteiger partial charge in [0.1, 0.15) is 5.82 Å². The summed E-state index contributed by atoms with van der Waals surface area (Å²) in [7, 11) is 0. The molecular weight excluding hydrogens is 333 g/mol. The lowest BCUT2D eigenvalue weighted by atomic mass is 9.77. The molecular formula is C23H25F3. The van der Waals surface area contributed by atoms with Gasteiger partial charge in [-0.15, -0.1) is 0 Å². The highest BCUT2D eigenvalue weighted by Gasteiger charge is 2.22. The van der Waals surface area contributed by atoms with Crippen molar-refractivity contribution in [2.75, 3.05) is 0 Å². The number of hydrogen-bond donors (Lipinski definition) is 0. The molecule has 0 nitrogen and oxygen atoms in total. The molecule has 0 amide bonds. The van der Waals surface area contributed by atoms with E-state index >= 15 is 0 Å². The number of halogens is 3. The first kappa shape index (κ1) is 18.8. The minimum atomic E-state index is -1.88. The zero-order valence-electron chi connectivity index (χ0n) is 15.2. The maximum absolute atomic E-state index is 14.4. The van der Waals surface area contributed by atoms with E-state index in [4.69, 9.17) is 0 Å². The Bertz CT molecular complexity index is 808. The van der Waals surface area contributed by atoms with Gasteiger partial charge in [0.15, 0.2) is 0 Å². The van der Waals surface area contributed by atoms with Crippen molar-refractivity contribution in [3.8, 4) is 0 Å². The highest BCUT2D eigenvalue weighted by molar-refractivity contribution is 5.86. The lowest BCUT2D eigenvalue weighted by Gasteiger charge is -2.29. The summed E-state index contributed by atoms with van der Waals surface area (Å²) in [5, 5.41) is 1.19. The van der Waals surface area contributed by atoms with Gasteiger partial charge in [0.2, 0.25) is 0 Å². The van der Waals surface area contributed by atoms with Crippen molar-refractivity contribution >= 4 is 16.8 Å². The first-order valence-electron chi connectivity index (χ1n) is 9.44. The number of benzene rings is 2. The molecule has 1 saturated carbocycles. The molecule has 0 atom stereocenters. The van der Waals surface area contributed by atoms with Crippen LogP contribution in [0.1, 0.15) is 62.5 Å². The minimum absolute atomic E-state index is 0.0631. The zero-order valence-corrected chi connectivity index (χ0v) is 15.2. The van der Waals surface area contributed by atoms with E-state index in [1.54, 1.807) is 12.1 Å². The lowest BCUT2D eigenvalue weighted by molar-refractivity contribution is 0.312. The van der Waals surface area contributed by atoms with Gasteiger partial charge < -0.3 is 0 Å². The highest BCUT2D eigenvalue weighted by Crippen LogP contribution is 2.38. The van der Waals surface area contributed by atoms with Gasteiger partial charge in [-0.05, 0) is 68.2 Å². The van der Waals surface area contributed by atoms with Crippen molar-refractivity contribution in [1.29, 1.82) is 0 Å². The molecule has 2 aromatic rings. The number of rotatable bonds is 5. The van der Waals surface area contributed by atoms with Gasteiger partial charge in [-0.25, -0.2) is 4.39 Å². The lowest BCUT2D eigenvalue weighted by Crippen LogP contribution is -2.13. The van der Waals surface area contributed by atoms with E-state index < -0.39 is 11.9 Å². The van der Waals surface area contributed by atoms with Crippen LogP contribution in [0.15, 0.2) is 48.6 Å². The van der Waals surface area contributed by atoms with Crippen molar-refractivity contribution < 1.29 is 13.2 Å². The van der Waals surface area contributed by atoms with Crippen LogP contribution in [0.25, 0.3) is 16.8 Å². The molecule has 0 radical (unpaired) electrons. The normalized spacial score (nSPS) is 20.6. The molecule has 0 aliphatic heterocycles. The van der Waals surface area contributed by atoms with E-state index in [9.17, 15) is 13.2 Å². The average Bonchev–Trinajstić information content (AvgIpc) is 2.64. The van der Waals surface area contributed by atoms with Crippen LogP contribution < -0.4 is 0 Å². The topological polar surface area (TPSA) is 0 Å². The van der Waals surface area contributed by atoms with Gasteiger partial charge in [-0.3, -0.25) is 0 Å². The summed E-state index contributed by atoms with van der Waals surface area (Å²) < 4.78 is 39.3. The van der Waals surface area contributed by atoms with Crippen LogP contribution in [0, 0.1) is 11.7 Å². The van der Waals surface area contributed by atoms with E-state index in [0.29, 0.717) is 17.4 Å². The van der Waals surface area contributed by atoms with Crippen LogP contribution in [0.5, 0.6) is 0 Å². The molecule has 1 aliphatic rings. The quantitative estimate of drug-likeness (QED) is 0.477. The summed E-state index contributed by atoms with van der Waals surface area (Å²) >= 11 is 0. The predicted molar refractivity (Wildman–Crippen MR) is 103 cm³/mol. The summed E-state index contributed by atoms with van der Waals surface area (Å²) in [4.78, 5) is 0. The summed E-state index contributed by atoms with van der Waals surface area (Å²) in [5.41, 5.74) is 1.18. The third-order valence-electron chi connectivity index (χ3n) is 5.57. The zero-order chi connectivity index (χ0) is 18.5. The monoisotopic (exact) mass is 358 g/mol. The minimum Gasteiger partial charge on any atom is -0.206 e. The number of hydrogen-bond acceptors (Lipinski definition) is 0. The molecule has 2 aromatic carbocycles. The molecule has 1 fully saturated rings. The van der Waals surface area contributed by atoms with Gasteiger partial charge in [-0.2, -0.15) is 8.78 Å². The third kappa shape index (κ3) is 4.38. The fourth-order valence-corrected chi connectivity index (χ4v) is 4.09. The van der Waals surface area contributed by atoms with Gasteiger partial charge >= 0.3 is 0 Å². The number of allylic oxidation sites excluding steroid dienone is 2. The maximum atomic E-state index is 14.4. The maximum Gasteiger partial charge on any atom is 0.271 e. The Hall–Kier alpha value is -2.03. The molecule has 0 bridgehead atoms. The van der Waals surface area contributed by atoms with Gasteiger partial charge in [-0.1, -0.05) is 42.5 Å². The second-order valence-corrected chi connectivity index (χ2v) is 7.25. The Labute approximate surface area is 153 Å². The van der Waals surface area contributed by atoms with Crippen molar-refractivity contribution in [1.82, 2.24) is 0 Å². The van der Waals surface area contributed by atoms with E-state index in [1.165, 1.54) is 43.7 Å². The Morgan fingerprint density at radius 2 is 1.85 bits per heavy atom. The molecule has 0 aromatic heterocycles. The molecule has 1 aliphatic carbocycles. The fourth-order valence-electron chi connectivity index (χ4n) is 4.09. The van der Waals surface area contributed by atoms with Gasteiger partial charge in [0.25, 0.3) is 6.08 Å².